The first-order valence-corrected chi connectivity index (χ1v) is 11.6. The van der Waals surface area contributed by atoms with Crippen molar-refractivity contribution >= 4 is 27.5 Å². The van der Waals surface area contributed by atoms with Crippen LogP contribution in [0, 0.1) is 5.82 Å². The van der Waals surface area contributed by atoms with Crippen LogP contribution in [0.25, 0.3) is 33.3 Å². The molecule has 4 aromatic carbocycles. The molecular weight excluding hydrogens is 439 g/mol. The molecule has 0 saturated heterocycles. The lowest BCUT2D eigenvalue weighted by molar-refractivity contribution is 0.485. The van der Waals surface area contributed by atoms with Crippen molar-refractivity contribution in [2.45, 2.75) is 19.5 Å². The van der Waals surface area contributed by atoms with Crippen molar-refractivity contribution in [2.75, 3.05) is 5.32 Å². The van der Waals surface area contributed by atoms with Crippen LogP contribution in [0.4, 0.5) is 10.1 Å². The van der Waals surface area contributed by atoms with Gasteiger partial charge in [-0.05, 0) is 49.4 Å². The summed E-state index contributed by atoms with van der Waals surface area (Å²) in [5.41, 5.74) is 4.44. The van der Waals surface area contributed by atoms with Gasteiger partial charge in [0, 0.05) is 45.2 Å². The Morgan fingerprint density at radius 3 is 2.40 bits per heavy atom. The minimum atomic E-state index is -0.655. The van der Waals surface area contributed by atoms with Crippen LogP contribution in [-0.4, -0.2) is 14.8 Å². The second-order valence-corrected chi connectivity index (χ2v) is 8.40. The van der Waals surface area contributed by atoms with Gasteiger partial charge in [-0.3, -0.25) is 0 Å². The van der Waals surface area contributed by atoms with E-state index in [-0.39, 0.29) is 5.82 Å². The van der Waals surface area contributed by atoms with E-state index in [4.69, 9.17) is 4.42 Å². The third-order valence-electron chi connectivity index (χ3n) is 6.32. The van der Waals surface area contributed by atoms with Crippen LogP contribution in [0.5, 0.6) is 0 Å². The van der Waals surface area contributed by atoms with Crippen molar-refractivity contribution in [1.29, 1.82) is 0 Å². The highest BCUT2D eigenvalue weighted by atomic mass is 19.1. The Morgan fingerprint density at radius 2 is 1.57 bits per heavy atom. The molecule has 35 heavy (non-hydrogen) atoms. The van der Waals surface area contributed by atoms with E-state index in [0.29, 0.717) is 17.3 Å². The van der Waals surface area contributed by atoms with E-state index in [2.05, 4.69) is 57.3 Å². The fraction of sp³-hybridized carbons (Fsp3) is 0.103. The molecule has 0 aliphatic heterocycles. The number of hydrogen-bond donors (Lipinski definition) is 1. The Kier molecular flexibility index (Phi) is 5.26. The fourth-order valence-corrected chi connectivity index (χ4v) is 4.68. The Hall–Kier alpha value is -4.45. The number of benzene rings is 4. The van der Waals surface area contributed by atoms with E-state index in [1.165, 1.54) is 17.0 Å². The van der Waals surface area contributed by atoms with Crippen molar-refractivity contribution in [1.82, 2.24) is 14.8 Å². The lowest BCUT2D eigenvalue weighted by Gasteiger charge is -2.18. The van der Waals surface area contributed by atoms with Crippen LogP contribution in [0.1, 0.15) is 24.4 Å². The molecule has 0 aliphatic carbocycles. The summed E-state index contributed by atoms with van der Waals surface area (Å²) in [5, 5.41) is 14.3. The average molecular weight is 463 g/mol. The molecule has 0 bridgehead atoms. The number of halogens is 1. The van der Waals surface area contributed by atoms with Gasteiger partial charge in [-0.1, -0.05) is 54.6 Å². The van der Waals surface area contributed by atoms with Gasteiger partial charge < -0.3 is 14.3 Å². The largest absolute Gasteiger partial charge is 0.418 e. The molecule has 172 valence electrons. The van der Waals surface area contributed by atoms with Crippen LogP contribution in [-0.2, 0) is 6.54 Å². The van der Waals surface area contributed by atoms with E-state index in [0.717, 1.165) is 28.7 Å². The molecule has 1 unspecified atom stereocenters. The van der Waals surface area contributed by atoms with E-state index >= 15 is 0 Å². The summed E-state index contributed by atoms with van der Waals surface area (Å²) in [6.07, 6.45) is 0. The van der Waals surface area contributed by atoms with E-state index in [1.807, 2.05) is 42.5 Å². The lowest BCUT2D eigenvalue weighted by Crippen LogP contribution is -2.14. The average Bonchev–Trinajstić information content (AvgIpc) is 3.51. The van der Waals surface area contributed by atoms with Gasteiger partial charge in [-0.2, -0.15) is 0 Å². The number of aryl methyl sites for hydroxylation is 1. The summed E-state index contributed by atoms with van der Waals surface area (Å²) in [4.78, 5) is 0. The molecule has 2 aromatic heterocycles. The number of fused-ring (bicyclic) bond motifs is 3. The van der Waals surface area contributed by atoms with Crippen molar-refractivity contribution in [3.8, 4) is 11.5 Å². The molecule has 0 amide bonds. The van der Waals surface area contributed by atoms with Crippen molar-refractivity contribution in [3.63, 3.8) is 0 Å². The number of nitrogens with zero attached hydrogens (tertiary/aromatic N) is 3. The molecule has 0 saturated carbocycles. The Balaban J connectivity index is 1.45. The van der Waals surface area contributed by atoms with Gasteiger partial charge >= 0.3 is 0 Å². The Labute approximate surface area is 201 Å². The second kappa shape index (κ2) is 8.72. The van der Waals surface area contributed by atoms with E-state index in [1.54, 1.807) is 18.2 Å². The van der Waals surface area contributed by atoms with Gasteiger partial charge in [-0.15, -0.1) is 10.2 Å². The number of rotatable bonds is 6. The van der Waals surface area contributed by atoms with Crippen molar-refractivity contribution in [2.24, 2.45) is 0 Å². The van der Waals surface area contributed by atoms with Crippen molar-refractivity contribution in [3.05, 3.63) is 114 Å². The highest BCUT2D eigenvalue weighted by Crippen LogP contribution is 2.34. The molecule has 0 aliphatic rings. The zero-order chi connectivity index (χ0) is 23.8. The van der Waals surface area contributed by atoms with E-state index in [9.17, 15) is 4.39 Å². The monoisotopic (exact) mass is 462 g/mol. The number of para-hydroxylation sites is 1. The zero-order valence-corrected chi connectivity index (χ0v) is 19.1. The molecule has 6 aromatic rings. The maximum absolute atomic E-state index is 14.9. The quantitative estimate of drug-likeness (QED) is 0.284. The third kappa shape index (κ3) is 3.73. The number of nitrogens with one attached hydrogen (secondary N) is 1. The van der Waals surface area contributed by atoms with Crippen molar-refractivity contribution < 1.29 is 8.81 Å². The second-order valence-electron chi connectivity index (χ2n) is 8.40. The molecule has 6 rings (SSSR count). The lowest BCUT2D eigenvalue weighted by atomic mass is 10.1. The standard InChI is InChI=1S/C29H23FN4O/c1-2-34-25-15-9-7-12-21(25)23-18-20(16-17-26(23)34)31-27(22-13-6-8-14-24(22)30)29-33-32-28(35-29)19-10-4-3-5-11-19/h3-18,27,31H,2H2,1H3. The summed E-state index contributed by atoms with van der Waals surface area (Å²) < 4.78 is 23.3. The zero-order valence-electron chi connectivity index (χ0n) is 19.1. The van der Waals surface area contributed by atoms with Crippen LogP contribution >= 0.6 is 0 Å². The summed E-state index contributed by atoms with van der Waals surface area (Å²) in [6.45, 7) is 3.02. The smallest absolute Gasteiger partial charge is 0.247 e. The molecule has 2 heterocycles. The summed E-state index contributed by atoms with van der Waals surface area (Å²) >= 11 is 0. The first kappa shape index (κ1) is 21.1. The van der Waals surface area contributed by atoms with Gasteiger partial charge in [0.15, 0.2) is 0 Å². The first-order valence-electron chi connectivity index (χ1n) is 11.6. The first-order chi connectivity index (χ1) is 17.2. The molecule has 6 heteroatoms. The van der Waals surface area contributed by atoms with Crippen LogP contribution in [0.3, 0.4) is 0 Å². The molecule has 0 fully saturated rings. The van der Waals surface area contributed by atoms with Gasteiger partial charge in [0.05, 0.1) is 0 Å². The minimum absolute atomic E-state index is 0.296. The minimum Gasteiger partial charge on any atom is -0.418 e. The topological polar surface area (TPSA) is 55.9 Å². The van der Waals surface area contributed by atoms with E-state index < -0.39 is 6.04 Å². The molecule has 0 spiro atoms. The predicted molar refractivity (Wildman–Crippen MR) is 137 cm³/mol. The summed E-state index contributed by atoms with van der Waals surface area (Å²) in [5.74, 6) is 0.350. The molecule has 5 nitrogen and oxygen atoms in total. The van der Waals surface area contributed by atoms with Gasteiger partial charge in [0.25, 0.3) is 0 Å². The Morgan fingerprint density at radius 1 is 0.829 bits per heavy atom. The molecule has 1 N–H and O–H groups in total. The summed E-state index contributed by atoms with van der Waals surface area (Å²) in [7, 11) is 0. The normalized spacial score (nSPS) is 12.3. The highest BCUT2D eigenvalue weighted by Gasteiger charge is 2.24. The van der Waals surface area contributed by atoms with Gasteiger partial charge in [0.2, 0.25) is 11.8 Å². The summed E-state index contributed by atoms with van der Waals surface area (Å²) in [6, 6.07) is 30.1. The molecular formula is C29H23FN4O. The van der Waals surface area contributed by atoms with Crippen LogP contribution in [0.15, 0.2) is 101 Å². The molecule has 1 atom stereocenters. The predicted octanol–water partition coefficient (Wildman–Crippen LogP) is 7.21. The number of hydrogen-bond acceptors (Lipinski definition) is 4. The third-order valence-corrected chi connectivity index (χ3v) is 6.32. The highest BCUT2D eigenvalue weighted by molar-refractivity contribution is 6.09. The van der Waals surface area contributed by atoms with Crippen LogP contribution < -0.4 is 5.32 Å². The maximum atomic E-state index is 14.9. The SMILES string of the molecule is CCn1c2ccccc2c2cc(NC(c3nnc(-c4ccccc4)o3)c3ccccc3F)ccc21. The maximum Gasteiger partial charge on any atom is 0.247 e. The van der Waals surface area contributed by atoms with Gasteiger partial charge in [0.1, 0.15) is 11.9 Å². The Bertz CT molecular complexity index is 1640. The molecule has 0 radical (unpaired) electrons. The fourth-order valence-electron chi connectivity index (χ4n) is 4.68. The van der Waals surface area contributed by atoms with Crippen LogP contribution in [0.2, 0.25) is 0 Å². The van der Waals surface area contributed by atoms with Gasteiger partial charge in [-0.25, -0.2) is 4.39 Å². The number of anilines is 1. The number of aromatic nitrogens is 3.